The van der Waals surface area contributed by atoms with Crippen molar-refractivity contribution in [3.63, 3.8) is 0 Å². The van der Waals surface area contributed by atoms with Crippen LogP contribution in [0.4, 0.5) is 26.4 Å². The summed E-state index contributed by atoms with van der Waals surface area (Å²) in [5.74, 6) is 0.0164. The van der Waals surface area contributed by atoms with Crippen LogP contribution >= 0.6 is 0 Å². The van der Waals surface area contributed by atoms with Crippen LogP contribution in [0.3, 0.4) is 0 Å². The van der Waals surface area contributed by atoms with E-state index < -0.39 is 11.8 Å². The number of nitrogens with zero attached hydrogens (tertiary/aromatic N) is 2. The van der Waals surface area contributed by atoms with Crippen molar-refractivity contribution in [3.8, 4) is 11.1 Å². The predicted octanol–water partition coefficient (Wildman–Crippen LogP) is 4.66. The van der Waals surface area contributed by atoms with Crippen LogP contribution in [-0.2, 0) is 0 Å². The fourth-order valence-corrected chi connectivity index (χ4v) is 2.86. The van der Waals surface area contributed by atoms with Crippen LogP contribution in [0.15, 0.2) is 73.1 Å². The first-order valence-corrected chi connectivity index (χ1v) is 8.53. The second-order valence-electron chi connectivity index (χ2n) is 6.16. The van der Waals surface area contributed by atoms with Crippen LogP contribution in [0.25, 0.3) is 22.0 Å². The second kappa shape index (κ2) is 7.32. The molecule has 0 aliphatic carbocycles. The summed E-state index contributed by atoms with van der Waals surface area (Å²) in [6, 6.07) is 18.4. The average Bonchev–Trinajstić information content (AvgIpc) is 2.69. The number of hydrogen-bond acceptors (Lipinski definition) is 4. The van der Waals surface area contributed by atoms with Crippen molar-refractivity contribution in [1.82, 2.24) is 9.97 Å². The number of nitrogens with two attached hydrogens (primary N) is 1. The number of fused-ring (bicyclic) bond motifs is 1. The van der Waals surface area contributed by atoms with Gasteiger partial charge in [-0.2, -0.15) is 0 Å². The molecule has 2 amide bonds. The van der Waals surface area contributed by atoms with Gasteiger partial charge in [0.1, 0.15) is 18.0 Å². The molecule has 0 unspecified atom stereocenters. The summed E-state index contributed by atoms with van der Waals surface area (Å²) in [6.07, 6.45) is 1.44. The van der Waals surface area contributed by atoms with Gasteiger partial charge in [-0.25, -0.2) is 19.2 Å². The van der Waals surface area contributed by atoms with Crippen LogP contribution in [0, 0.1) is 5.82 Å². The van der Waals surface area contributed by atoms with Gasteiger partial charge in [0.25, 0.3) is 0 Å². The fourth-order valence-electron chi connectivity index (χ4n) is 2.86. The second-order valence-corrected chi connectivity index (χ2v) is 6.16. The number of benzene rings is 3. The van der Waals surface area contributed by atoms with Crippen molar-refractivity contribution < 1.29 is 9.18 Å². The summed E-state index contributed by atoms with van der Waals surface area (Å²) < 4.78 is 13.2. The van der Waals surface area contributed by atoms with E-state index in [2.05, 4.69) is 20.6 Å². The third kappa shape index (κ3) is 3.73. The highest BCUT2D eigenvalue weighted by Crippen LogP contribution is 2.26. The van der Waals surface area contributed by atoms with Crippen LogP contribution in [0.1, 0.15) is 0 Å². The summed E-state index contributed by atoms with van der Waals surface area (Å²) in [5, 5.41) is 6.09. The minimum atomic E-state index is -0.450. The molecule has 1 aromatic heterocycles. The first-order valence-electron chi connectivity index (χ1n) is 8.53. The molecule has 28 heavy (non-hydrogen) atoms. The number of carbonyl (C=O) groups excluding carboxylic acids is 1. The van der Waals surface area contributed by atoms with Gasteiger partial charge in [0, 0.05) is 16.8 Å². The number of rotatable bonds is 3. The number of halogens is 1. The Balaban J connectivity index is 1.49. The lowest BCUT2D eigenvalue weighted by atomic mass is 10.0. The van der Waals surface area contributed by atoms with E-state index in [-0.39, 0.29) is 0 Å². The summed E-state index contributed by atoms with van der Waals surface area (Å²) in [4.78, 5) is 20.3. The van der Waals surface area contributed by atoms with Crippen LogP contribution in [0.5, 0.6) is 0 Å². The molecule has 0 aliphatic rings. The van der Waals surface area contributed by atoms with Crippen LogP contribution in [-0.4, -0.2) is 16.0 Å². The normalized spacial score (nSPS) is 10.6. The van der Waals surface area contributed by atoms with Gasteiger partial charge in [-0.1, -0.05) is 24.3 Å². The van der Waals surface area contributed by atoms with Gasteiger partial charge < -0.3 is 16.4 Å². The SMILES string of the molecule is Nc1ncnc2ccc(-c3ccc(NC(=O)Nc4cccc(F)c4)cc3)cc12. The van der Waals surface area contributed by atoms with Crippen molar-refractivity contribution in [3.05, 3.63) is 78.9 Å². The van der Waals surface area contributed by atoms with Gasteiger partial charge in [0.05, 0.1) is 5.52 Å². The zero-order valence-corrected chi connectivity index (χ0v) is 14.7. The summed E-state index contributed by atoms with van der Waals surface area (Å²) >= 11 is 0. The van der Waals surface area contributed by atoms with E-state index in [0.29, 0.717) is 17.2 Å². The Morgan fingerprint density at radius 2 is 1.61 bits per heavy atom. The van der Waals surface area contributed by atoms with E-state index in [9.17, 15) is 9.18 Å². The topological polar surface area (TPSA) is 92.9 Å². The van der Waals surface area contributed by atoms with E-state index >= 15 is 0 Å². The van der Waals surface area contributed by atoms with Gasteiger partial charge >= 0.3 is 6.03 Å². The van der Waals surface area contributed by atoms with Gasteiger partial charge in [-0.15, -0.1) is 0 Å². The van der Waals surface area contributed by atoms with Crippen LogP contribution < -0.4 is 16.4 Å². The van der Waals surface area contributed by atoms with Crippen molar-refractivity contribution in [2.24, 2.45) is 0 Å². The number of nitrogen functional groups attached to an aromatic ring is 1. The van der Waals surface area contributed by atoms with E-state index in [1.54, 1.807) is 18.2 Å². The summed E-state index contributed by atoms with van der Waals surface area (Å²) in [6.45, 7) is 0. The van der Waals surface area contributed by atoms with E-state index in [0.717, 1.165) is 22.0 Å². The standard InChI is InChI=1S/C21H16FN5O/c22-15-2-1-3-17(11-15)27-21(28)26-16-7-4-13(5-8-16)14-6-9-19-18(10-14)20(23)25-12-24-19/h1-12H,(H2,23,24,25)(H2,26,27,28). The molecule has 0 saturated heterocycles. The molecule has 0 spiro atoms. The molecule has 0 fully saturated rings. The highest BCUT2D eigenvalue weighted by atomic mass is 19.1. The highest BCUT2D eigenvalue weighted by Gasteiger charge is 2.06. The fraction of sp³-hybridized carbons (Fsp3) is 0. The molecule has 3 aromatic carbocycles. The molecule has 0 bridgehead atoms. The zero-order valence-electron chi connectivity index (χ0n) is 14.7. The Kier molecular flexibility index (Phi) is 4.55. The van der Waals surface area contributed by atoms with E-state index in [1.165, 1.54) is 24.5 Å². The smallest absolute Gasteiger partial charge is 0.323 e. The molecular formula is C21H16FN5O. The van der Waals surface area contributed by atoms with E-state index in [4.69, 9.17) is 5.73 Å². The first kappa shape index (κ1) is 17.4. The Morgan fingerprint density at radius 3 is 2.39 bits per heavy atom. The van der Waals surface area contributed by atoms with Gasteiger partial charge in [-0.3, -0.25) is 0 Å². The Labute approximate surface area is 160 Å². The minimum absolute atomic E-state index is 0.380. The third-order valence-electron chi connectivity index (χ3n) is 4.22. The quantitative estimate of drug-likeness (QED) is 0.487. The largest absolute Gasteiger partial charge is 0.383 e. The molecule has 0 aliphatic heterocycles. The zero-order chi connectivity index (χ0) is 19.5. The number of nitrogens with one attached hydrogen (secondary N) is 2. The maximum absolute atomic E-state index is 13.2. The minimum Gasteiger partial charge on any atom is -0.383 e. The molecule has 0 atom stereocenters. The molecule has 4 N–H and O–H groups in total. The van der Waals surface area contributed by atoms with Crippen molar-refractivity contribution in [1.29, 1.82) is 0 Å². The number of urea groups is 1. The molecule has 138 valence electrons. The lowest BCUT2D eigenvalue weighted by molar-refractivity contribution is 0.262. The Morgan fingerprint density at radius 1 is 0.857 bits per heavy atom. The number of carbonyl (C=O) groups is 1. The lowest BCUT2D eigenvalue weighted by Gasteiger charge is -2.09. The molecule has 7 heteroatoms. The first-order chi connectivity index (χ1) is 13.6. The lowest BCUT2D eigenvalue weighted by Crippen LogP contribution is -2.19. The molecule has 4 rings (SSSR count). The van der Waals surface area contributed by atoms with Crippen LogP contribution in [0.2, 0.25) is 0 Å². The maximum atomic E-state index is 13.2. The number of amides is 2. The van der Waals surface area contributed by atoms with E-state index in [1.807, 2.05) is 30.3 Å². The van der Waals surface area contributed by atoms with Crippen molar-refractivity contribution in [2.75, 3.05) is 16.4 Å². The maximum Gasteiger partial charge on any atom is 0.323 e. The molecular weight excluding hydrogens is 357 g/mol. The van der Waals surface area contributed by atoms with Crippen molar-refractivity contribution >= 4 is 34.1 Å². The predicted molar refractivity (Wildman–Crippen MR) is 108 cm³/mol. The number of hydrogen-bond donors (Lipinski definition) is 3. The molecule has 1 heterocycles. The summed E-state index contributed by atoms with van der Waals surface area (Å²) in [7, 11) is 0. The van der Waals surface area contributed by atoms with Crippen molar-refractivity contribution in [2.45, 2.75) is 0 Å². The van der Waals surface area contributed by atoms with Gasteiger partial charge in [0.2, 0.25) is 0 Å². The Hall–Kier alpha value is -4.00. The number of aromatic nitrogens is 2. The Bertz CT molecular complexity index is 1160. The summed E-state index contributed by atoms with van der Waals surface area (Å²) in [5.41, 5.74) is 9.62. The van der Waals surface area contributed by atoms with Gasteiger partial charge in [0.15, 0.2) is 0 Å². The molecule has 0 saturated carbocycles. The average molecular weight is 373 g/mol. The molecule has 4 aromatic rings. The highest BCUT2D eigenvalue weighted by molar-refractivity contribution is 6.00. The monoisotopic (exact) mass is 373 g/mol. The van der Waals surface area contributed by atoms with Gasteiger partial charge in [-0.05, 0) is 53.6 Å². The number of anilines is 3. The third-order valence-corrected chi connectivity index (χ3v) is 4.22. The molecule has 6 nitrogen and oxygen atoms in total. The molecule has 0 radical (unpaired) electrons.